The molecule has 8 heteroatoms. The molecule has 1 N–H and O–H groups in total. The molecule has 1 aliphatic rings. The Morgan fingerprint density at radius 1 is 1.29 bits per heavy atom. The first-order valence-corrected chi connectivity index (χ1v) is 10.1. The second-order valence-electron chi connectivity index (χ2n) is 6.14. The van der Waals surface area contributed by atoms with E-state index in [1.54, 1.807) is 18.1 Å². The zero-order chi connectivity index (χ0) is 17.1. The molecule has 0 bridgehead atoms. The molecule has 1 fully saturated rings. The maximum absolute atomic E-state index is 14.2. The molecular formula is C16H22FN5S2. The lowest BCUT2D eigenvalue weighted by Crippen LogP contribution is -2.35. The highest BCUT2D eigenvalue weighted by Crippen LogP contribution is 2.30. The van der Waals surface area contributed by atoms with Gasteiger partial charge in [0, 0.05) is 31.2 Å². The van der Waals surface area contributed by atoms with Crippen LogP contribution in [0.4, 0.5) is 10.3 Å². The number of hydrogen-bond acceptors (Lipinski definition) is 7. The largest absolute Gasteiger partial charge is 0.351 e. The first-order valence-electron chi connectivity index (χ1n) is 8.11. The van der Waals surface area contributed by atoms with Gasteiger partial charge in [0.05, 0.1) is 16.1 Å². The lowest BCUT2D eigenvalue weighted by atomic mass is 10.1. The minimum atomic E-state index is -0.406. The van der Waals surface area contributed by atoms with Crippen molar-refractivity contribution in [2.75, 3.05) is 24.7 Å². The Labute approximate surface area is 150 Å². The average molecular weight is 368 g/mol. The summed E-state index contributed by atoms with van der Waals surface area (Å²) >= 11 is 3.27. The van der Waals surface area contributed by atoms with E-state index >= 15 is 0 Å². The second kappa shape index (κ2) is 7.76. The van der Waals surface area contributed by atoms with E-state index in [-0.39, 0.29) is 0 Å². The number of nitrogens with one attached hydrogen (secondary N) is 1. The van der Waals surface area contributed by atoms with Gasteiger partial charge in [-0.05, 0) is 19.1 Å². The molecule has 0 saturated carbocycles. The monoisotopic (exact) mass is 367 g/mol. The first-order chi connectivity index (χ1) is 11.6. The first kappa shape index (κ1) is 17.6. The summed E-state index contributed by atoms with van der Waals surface area (Å²) in [6.45, 7) is 6.23. The Morgan fingerprint density at radius 2 is 2.04 bits per heavy atom. The van der Waals surface area contributed by atoms with Crippen LogP contribution in [0, 0.1) is 5.82 Å². The normalized spacial score (nSPS) is 16.7. The highest BCUT2D eigenvalue weighted by molar-refractivity contribution is 7.96. The highest BCUT2D eigenvalue weighted by atomic mass is 32.2. The maximum Gasteiger partial charge on any atom is 0.223 e. The number of halogens is 1. The number of rotatable bonds is 5. The summed E-state index contributed by atoms with van der Waals surface area (Å²) in [7, 11) is 0. The smallest absolute Gasteiger partial charge is 0.223 e. The molecule has 2 aromatic heterocycles. The van der Waals surface area contributed by atoms with Crippen LogP contribution in [-0.2, 0) is 0 Å². The Kier molecular flexibility index (Phi) is 5.68. The predicted molar refractivity (Wildman–Crippen MR) is 98.9 cm³/mol. The van der Waals surface area contributed by atoms with Gasteiger partial charge < -0.3 is 5.32 Å². The van der Waals surface area contributed by atoms with E-state index in [0.29, 0.717) is 23.6 Å². The summed E-state index contributed by atoms with van der Waals surface area (Å²) in [6, 6.07) is 0.333. The Bertz CT molecular complexity index is 683. The molecule has 1 aliphatic heterocycles. The van der Waals surface area contributed by atoms with Crippen molar-refractivity contribution in [2.45, 2.75) is 38.6 Å². The Hall–Kier alpha value is -1.25. The fraction of sp³-hybridized carbons (Fsp3) is 0.562. The molecule has 24 heavy (non-hydrogen) atoms. The standard InChI is InChI=1S/C16H22FN5S2/c1-10(2)15-18-9-13(24-15)14-12(17)8-19-16(21-14)20-11-4-6-22(23-3)7-5-11/h8-11H,4-7H2,1-3H3,(H,19,20,21). The van der Waals surface area contributed by atoms with Crippen molar-refractivity contribution in [1.82, 2.24) is 19.3 Å². The van der Waals surface area contributed by atoms with Crippen LogP contribution in [0.1, 0.15) is 37.6 Å². The minimum Gasteiger partial charge on any atom is -0.351 e. The van der Waals surface area contributed by atoms with E-state index in [1.165, 1.54) is 17.5 Å². The zero-order valence-electron chi connectivity index (χ0n) is 14.1. The molecule has 0 atom stereocenters. The van der Waals surface area contributed by atoms with Crippen LogP contribution in [0.25, 0.3) is 10.6 Å². The topological polar surface area (TPSA) is 53.9 Å². The molecule has 0 unspecified atom stereocenters. The predicted octanol–water partition coefficient (Wildman–Crippen LogP) is 4.02. The van der Waals surface area contributed by atoms with E-state index in [4.69, 9.17) is 0 Å². The number of nitrogens with zero attached hydrogens (tertiary/aromatic N) is 4. The lowest BCUT2D eigenvalue weighted by molar-refractivity contribution is 0.358. The number of aromatic nitrogens is 3. The minimum absolute atomic E-state index is 0.327. The van der Waals surface area contributed by atoms with Crippen LogP contribution in [0.3, 0.4) is 0 Å². The van der Waals surface area contributed by atoms with Gasteiger partial charge in [-0.3, -0.25) is 4.31 Å². The molecule has 0 spiro atoms. The lowest BCUT2D eigenvalue weighted by Gasteiger charge is -2.30. The van der Waals surface area contributed by atoms with Crippen molar-refractivity contribution in [2.24, 2.45) is 0 Å². The van der Waals surface area contributed by atoms with Crippen molar-refractivity contribution in [3.8, 4) is 10.6 Å². The van der Waals surface area contributed by atoms with Gasteiger partial charge in [0.1, 0.15) is 5.69 Å². The molecule has 0 aromatic carbocycles. The van der Waals surface area contributed by atoms with Crippen LogP contribution >= 0.6 is 23.3 Å². The number of hydrogen-bond donors (Lipinski definition) is 1. The fourth-order valence-corrected chi connectivity index (χ4v) is 4.13. The van der Waals surface area contributed by atoms with Gasteiger partial charge in [-0.1, -0.05) is 25.8 Å². The van der Waals surface area contributed by atoms with Gasteiger partial charge in [0.2, 0.25) is 5.95 Å². The van der Waals surface area contributed by atoms with Crippen LogP contribution < -0.4 is 5.32 Å². The molecule has 130 valence electrons. The van der Waals surface area contributed by atoms with Gasteiger partial charge in [-0.15, -0.1) is 11.3 Å². The summed E-state index contributed by atoms with van der Waals surface area (Å²) < 4.78 is 16.5. The van der Waals surface area contributed by atoms with Gasteiger partial charge in [0.25, 0.3) is 0 Å². The third-order valence-electron chi connectivity index (χ3n) is 4.04. The second-order valence-corrected chi connectivity index (χ2v) is 8.08. The van der Waals surface area contributed by atoms with E-state index in [0.717, 1.165) is 35.8 Å². The van der Waals surface area contributed by atoms with Gasteiger partial charge in [-0.25, -0.2) is 19.3 Å². The van der Waals surface area contributed by atoms with Crippen molar-refractivity contribution in [3.05, 3.63) is 23.2 Å². The van der Waals surface area contributed by atoms with Gasteiger partial charge >= 0.3 is 0 Å². The molecule has 3 rings (SSSR count). The maximum atomic E-state index is 14.2. The number of piperidine rings is 1. The summed E-state index contributed by atoms with van der Waals surface area (Å²) in [4.78, 5) is 13.6. The fourth-order valence-electron chi connectivity index (χ4n) is 2.64. The molecule has 0 radical (unpaired) electrons. The SMILES string of the molecule is CSN1CCC(Nc2ncc(F)c(-c3cnc(C(C)C)s3)n2)CC1. The summed E-state index contributed by atoms with van der Waals surface area (Å²) in [6.07, 6.45) is 7.12. The van der Waals surface area contributed by atoms with E-state index < -0.39 is 5.82 Å². The summed E-state index contributed by atoms with van der Waals surface area (Å²) in [5, 5.41) is 4.34. The van der Waals surface area contributed by atoms with Crippen LogP contribution in [-0.4, -0.2) is 44.6 Å². The third kappa shape index (κ3) is 4.04. The Balaban J connectivity index is 1.74. The molecule has 5 nitrogen and oxygen atoms in total. The zero-order valence-corrected chi connectivity index (χ0v) is 15.8. The van der Waals surface area contributed by atoms with Crippen molar-refractivity contribution >= 4 is 29.2 Å². The number of thiazole rings is 1. The van der Waals surface area contributed by atoms with Gasteiger partial charge in [0.15, 0.2) is 5.82 Å². The van der Waals surface area contributed by atoms with Crippen LogP contribution in [0.15, 0.2) is 12.4 Å². The Morgan fingerprint density at radius 3 is 2.67 bits per heavy atom. The van der Waals surface area contributed by atoms with Crippen molar-refractivity contribution in [1.29, 1.82) is 0 Å². The number of anilines is 1. The average Bonchev–Trinajstić information content (AvgIpc) is 3.07. The quantitative estimate of drug-likeness (QED) is 0.806. The van der Waals surface area contributed by atoms with E-state index in [1.807, 2.05) is 0 Å². The van der Waals surface area contributed by atoms with Crippen molar-refractivity contribution < 1.29 is 4.39 Å². The molecule has 0 amide bonds. The van der Waals surface area contributed by atoms with Crippen molar-refractivity contribution in [3.63, 3.8) is 0 Å². The van der Waals surface area contributed by atoms with Crippen LogP contribution in [0.5, 0.6) is 0 Å². The molecule has 2 aromatic rings. The molecule has 0 aliphatic carbocycles. The molecule has 3 heterocycles. The van der Waals surface area contributed by atoms with Crippen LogP contribution in [0.2, 0.25) is 0 Å². The molecule has 1 saturated heterocycles. The van der Waals surface area contributed by atoms with Gasteiger partial charge in [-0.2, -0.15) is 0 Å². The van der Waals surface area contributed by atoms with E-state index in [2.05, 4.69) is 44.7 Å². The highest BCUT2D eigenvalue weighted by Gasteiger charge is 2.20. The third-order valence-corrected chi connectivity index (χ3v) is 6.23. The molecular weight excluding hydrogens is 345 g/mol. The summed E-state index contributed by atoms with van der Waals surface area (Å²) in [5.74, 6) is 0.415. The summed E-state index contributed by atoms with van der Waals surface area (Å²) in [5.41, 5.74) is 0.332. The van der Waals surface area contributed by atoms with E-state index in [9.17, 15) is 4.39 Å².